The van der Waals surface area contributed by atoms with E-state index < -0.39 is 6.09 Å². The lowest BCUT2D eigenvalue weighted by molar-refractivity contribution is -0.119. The number of amides is 2. The zero-order valence-corrected chi connectivity index (χ0v) is 14.3. The van der Waals surface area contributed by atoms with Gasteiger partial charge >= 0.3 is 6.09 Å². The van der Waals surface area contributed by atoms with Gasteiger partial charge in [0.1, 0.15) is 6.61 Å². The van der Waals surface area contributed by atoms with Crippen LogP contribution in [-0.4, -0.2) is 18.5 Å². The zero-order valence-electron chi connectivity index (χ0n) is 14.3. The number of hydrogen-bond donors (Lipinski definition) is 1. The van der Waals surface area contributed by atoms with Crippen LogP contribution in [0.1, 0.15) is 30.4 Å². The number of ether oxygens (including phenoxy) is 1. The van der Waals surface area contributed by atoms with Crippen LogP contribution in [0.5, 0.6) is 0 Å². The normalized spacial score (nSPS) is 14.3. The molecule has 0 bridgehead atoms. The number of carbonyl (C=O) groups is 2. The van der Waals surface area contributed by atoms with E-state index in [1.807, 2.05) is 54.3 Å². The smallest absolute Gasteiger partial charge is 0.411 e. The zero-order chi connectivity index (χ0) is 17.6. The summed E-state index contributed by atoms with van der Waals surface area (Å²) in [4.78, 5) is 25.8. The van der Waals surface area contributed by atoms with Crippen molar-refractivity contribution in [3.63, 3.8) is 0 Å². The van der Waals surface area contributed by atoms with Crippen LogP contribution in [0.2, 0.25) is 0 Å². The highest BCUT2D eigenvalue weighted by Gasteiger charge is 2.21. The molecule has 0 spiro atoms. The van der Waals surface area contributed by atoms with E-state index in [0.717, 1.165) is 36.2 Å². The van der Waals surface area contributed by atoms with Crippen LogP contribution in [0, 0.1) is 6.92 Å². The molecule has 1 heterocycles. The maximum Gasteiger partial charge on any atom is 0.411 e. The van der Waals surface area contributed by atoms with Gasteiger partial charge in [-0.05, 0) is 49.1 Å². The minimum atomic E-state index is -0.495. The molecule has 5 heteroatoms. The highest BCUT2D eigenvalue weighted by Crippen LogP contribution is 2.27. The van der Waals surface area contributed by atoms with Gasteiger partial charge in [0.05, 0.1) is 0 Å². The topological polar surface area (TPSA) is 58.6 Å². The molecule has 130 valence electrons. The molecule has 1 N–H and O–H groups in total. The fraction of sp³-hybridized carbons (Fsp3) is 0.300. The highest BCUT2D eigenvalue weighted by molar-refractivity contribution is 5.95. The lowest BCUT2D eigenvalue weighted by atomic mass is 10.1. The maximum atomic E-state index is 12.1. The number of nitrogens with one attached hydrogen (secondary N) is 1. The molecule has 0 aromatic heterocycles. The van der Waals surface area contributed by atoms with Crippen LogP contribution in [0.3, 0.4) is 0 Å². The second kappa shape index (κ2) is 7.83. The third kappa shape index (κ3) is 4.38. The van der Waals surface area contributed by atoms with Crippen LogP contribution < -0.4 is 10.2 Å². The van der Waals surface area contributed by atoms with E-state index in [1.54, 1.807) is 6.07 Å². The summed E-state index contributed by atoms with van der Waals surface area (Å²) >= 11 is 0. The lowest BCUT2D eigenvalue weighted by Gasteiger charge is -2.28. The minimum Gasteiger partial charge on any atom is -0.444 e. The van der Waals surface area contributed by atoms with Crippen molar-refractivity contribution in [1.29, 1.82) is 0 Å². The van der Waals surface area contributed by atoms with E-state index in [1.165, 1.54) is 0 Å². The van der Waals surface area contributed by atoms with Crippen LogP contribution in [-0.2, 0) is 16.1 Å². The SMILES string of the molecule is Cc1cc(NC(=O)OCc2ccccc2)ccc1N1CCCCC1=O. The number of nitrogens with zero attached hydrogens (tertiary/aromatic N) is 1. The molecule has 0 unspecified atom stereocenters. The Balaban J connectivity index is 1.60. The number of benzene rings is 2. The average Bonchev–Trinajstić information content (AvgIpc) is 2.62. The Kier molecular flexibility index (Phi) is 5.33. The van der Waals surface area contributed by atoms with Crippen molar-refractivity contribution in [2.75, 3.05) is 16.8 Å². The first-order chi connectivity index (χ1) is 12.1. The second-order valence-corrected chi connectivity index (χ2v) is 6.19. The number of hydrogen-bond acceptors (Lipinski definition) is 3. The highest BCUT2D eigenvalue weighted by atomic mass is 16.5. The predicted octanol–water partition coefficient (Wildman–Crippen LogP) is 4.26. The Morgan fingerprint density at radius 3 is 2.68 bits per heavy atom. The Labute approximate surface area is 147 Å². The molecule has 0 atom stereocenters. The van der Waals surface area contributed by atoms with Crippen molar-refractivity contribution < 1.29 is 14.3 Å². The average molecular weight is 338 g/mol. The van der Waals surface area contributed by atoms with Crippen molar-refractivity contribution >= 4 is 23.4 Å². The molecule has 0 radical (unpaired) electrons. The van der Waals surface area contributed by atoms with E-state index >= 15 is 0 Å². The van der Waals surface area contributed by atoms with Gasteiger partial charge in [0.2, 0.25) is 5.91 Å². The summed E-state index contributed by atoms with van der Waals surface area (Å²) < 4.78 is 5.22. The summed E-state index contributed by atoms with van der Waals surface area (Å²) in [6, 6.07) is 15.1. The summed E-state index contributed by atoms with van der Waals surface area (Å²) in [6.45, 7) is 2.93. The van der Waals surface area contributed by atoms with Gasteiger partial charge in [-0.25, -0.2) is 4.79 Å². The van der Waals surface area contributed by atoms with Crippen LogP contribution in [0.15, 0.2) is 48.5 Å². The minimum absolute atomic E-state index is 0.164. The second-order valence-electron chi connectivity index (χ2n) is 6.19. The molecule has 1 fully saturated rings. The molecule has 25 heavy (non-hydrogen) atoms. The molecule has 5 nitrogen and oxygen atoms in total. The standard InChI is InChI=1S/C20H22N2O3/c1-15-13-17(10-11-18(15)22-12-6-5-9-19(22)23)21-20(24)25-14-16-7-3-2-4-8-16/h2-4,7-8,10-11,13H,5-6,9,12,14H2,1H3,(H,21,24). The maximum absolute atomic E-state index is 12.1. The Morgan fingerprint density at radius 1 is 1.16 bits per heavy atom. The first-order valence-corrected chi connectivity index (χ1v) is 8.52. The summed E-state index contributed by atoms with van der Waals surface area (Å²) in [5.74, 6) is 0.164. The van der Waals surface area contributed by atoms with Crippen molar-refractivity contribution in [3.05, 3.63) is 59.7 Å². The number of aryl methyl sites for hydroxylation is 1. The van der Waals surface area contributed by atoms with Crippen molar-refractivity contribution in [2.45, 2.75) is 32.8 Å². The van der Waals surface area contributed by atoms with Crippen LogP contribution in [0.25, 0.3) is 0 Å². The summed E-state index contributed by atoms with van der Waals surface area (Å²) in [5.41, 5.74) is 3.46. The molecule has 0 aliphatic carbocycles. The number of rotatable bonds is 4. The first kappa shape index (κ1) is 17.0. The van der Waals surface area contributed by atoms with E-state index in [4.69, 9.17) is 4.74 Å². The number of piperidine rings is 1. The molecule has 1 aliphatic heterocycles. The Hall–Kier alpha value is -2.82. The van der Waals surface area contributed by atoms with Crippen molar-refractivity contribution in [1.82, 2.24) is 0 Å². The van der Waals surface area contributed by atoms with Gasteiger partial charge < -0.3 is 9.64 Å². The van der Waals surface area contributed by atoms with E-state index in [2.05, 4.69) is 5.32 Å². The van der Waals surface area contributed by atoms with Crippen molar-refractivity contribution in [3.8, 4) is 0 Å². The summed E-state index contributed by atoms with van der Waals surface area (Å²) in [6.07, 6.45) is 2.09. The summed E-state index contributed by atoms with van der Waals surface area (Å²) in [7, 11) is 0. The fourth-order valence-electron chi connectivity index (χ4n) is 2.97. The van der Waals surface area contributed by atoms with E-state index in [9.17, 15) is 9.59 Å². The van der Waals surface area contributed by atoms with E-state index in [0.29, 0.717) is 12.1 Å². The van der Waals surface area contributed by atoms with Crippen molar-refractivity contribution in [2.24, 2.45) is 0 Å². The largest absolute Gasteiger partial charge is 0.444 e. The molecule has 1 aliphatic rings. The first-order valence-electron chi connectivity index (χ1n) is 8.52. The molecule has 2 aromatic rings. The van der Waals surface area contributed by atoms with Gasteiger partial charge in [0.15, 0.2) is 0 Å². The fourth-order valence-corrected chi connectivity index (χ4v) is 2.97. The molecule has 0 saturated carbocycles. The molecular weight excluding hydrogens is 316 g/mol. The van der Waals surface area contributed by atoms with Gasteiger partial charge in [-0.3, -0.25) is 10.1 Å². The molecular formula is C20H22N2O3. The third-order valence-electron chi connectivity index (χ3n) is 4.27. The van der Waals surface area contributed by atoms with Gasteiger partial charge in [0.25, 0.3) is 0 Å². The molecule has 1 saturated heterocycles. The van der Waals surface area contributed by atoms with Gasteiger partial charge in [0, 0.05) is 24.3 Å². The number of carbonyl (C=O) groups excluding carboxylic acids is 2. The monoisotopic (exact) mass is 338 g/mol. The third-order valence-corrected chi connectivity index (χ3v) is 4.27. The predicted molar refractivity (Wildman–Crippen MR) is 97.6 cm³/mol. The van der Waals surface area contributed by atoms with Crippen LogP contribution >= 0.6 is 0 Å². The van der Waals surface area contributed by atoms with Gasteiger partial charge in [-0.15, -0.1) is 0 Å². The quantitative estimate of drug-likeness (QED) is 0.906. The van der Waals surface area contributed by atoms with Gasteiger partial charge in [-0.2, -0.15) is 0 Å². The Morgan fingerprint density at radius 2 is 1.96 bits per heavy atom. The van der Waals surface area contributed by atoms with Crippen LogP contribution in [0.4, 0.5) is 16.2 Å². The molecule has 2 amide bonds. The molecule has 3 rings (SSSR count). The number of anilines is 2. The summed E-state index contributed by atoms with van der Waals surface area (Å²) in [5, 5.41) is 2.73. The van der Waals surface area contributed by atoms with E-state index in [-0.39, 0.29) is 12.5 Å². The Bertz CT molecular complexity index is 759. The lowest BCUT2D eigenvalue weighted by Crippen LogP contribution is -2.35. The molecule has 2 aromatic carbocycles. The van der Waals surface area contributed by atoms with Gasteiger partial charge in [-0.1, -0.05) is 30.3 Å².